The van der Waals surface area contributed by atoms with Crippen molar-refractivity contribution in [3.63, 3.8) is 0 Å². The van der Waals surface area contributed by atoms with Crippen molar-refractivity contribution in [2.45, 2.75) is 38.5 Å². The summed E-state index contributed by atoms with van der Waals surface area (Å²) >= 11 is 0. The van der Waals surface area contributed by atoms with Crippen LogP contribution in [0.15, 0.2) is 48.5 Å². The molecule has 35 heavy (non-hydrogen) atoms. The zero-order chi connectivity index (χ0) is 24.6. The molecule has 0 spiro atoms. The fourth-order valence-corrected chi connectivity index (χ4v) is 5.94. The van der Waals surface area contributed by atoms with Crippen LogP contribution >= 0.6 is 0 Å². The number of hydrogen-bond acceptors (Lipinski definition) is 4. The summed E-state index contributed by atoms with van der Waals surface area (Å²) in [6.45, 7) is 3.12. The molecule has 1 saturated carbocycles. The summed E-state index contributed by atoms with van der Waals surface area (Å²) in [5.74, 6) is -1.27. The molecular weight excluding hydrogens is 444 g/mol. The van der Waals surface area contributed by atoms with Gasteiger partial charge in [0.15, 0.2) is 0 Å². The van der Waals surface area contributed by atoms with E-state index < -0.39 is 23.4 Å². The Hall–Kier alpha value is -3.35. The van der Waals surface area contributed by atoms with Crippen LogP contribution in [0.25, 0.3) is 11.1 Å². The minimum atomic E-state index is -0.824. The van der Waals surface area contributed by atoms with Gasteiger partial charge in [0.05, 0.1) is 11.3 Å². The van der Waals surface area contributed by atoms with Crippen LogP contribution in [0.3, 0.4) is 0 Å². The van der Waals surface area contributed by atoms with Gasteiger partial charge >= 0.3 is 12.1 Å². The van der Waals surface area contributed by atoms with Crippen LogP contribution in [0.5, 0.6) is 0 Å². The largest absolute Gasteiger partial charge is 0.481 e. The number of benzene rings is 2. The second-order valence-corrected chi connectivity index (χ2v) is 10.3. The number of carboxylic acids is 1. The number of alkyl carbamates (subject to hydrolysis) is 1. The monoisotopic (exact) mass is 476 g/mol. The van der Waals surface area contributed by atoms with E-state index in [-0.39, 0.29) is 30.9 Å². The molecule has 1 saturated heterocycles. The average molecular weight is 477 g/mol. The topological polar surface area (TPSA) is 95.9 Å². The van der Waals surface area contributed by atoms with E-state index in [1.54, 1.807) is 11.8 Å². The number of rotatable bonds is 7. The van der Waals surface area contributed by atoms with Crippen molar-refractivity contribution < 1.29 is 24.2 Å². The molecule has 7 nitrogen and oxygen atoms in total. The minimum Gasteiger partial charge on any atom is -0.481 e. The van der Waals surface area contributed by atoms with E-state index >= 15 is 0 Å². The minimum absolute atomic E-state index is 0.00926. The molecular formula is C28H32N2O5. The van der Waals surface area contributed by atoms with Gasteiger partial charge in [0, 0.05) is 31.5 Å². The van der Waals surface area contributed by atoms with E-state index in [0.29, 0.717) is 13.1 Å². The highest BCUT2D eigenvalue weighted by Crippen LogP contribution is 2.45. The lowest BCUT2D eigenvalue weighted by atomic mass is 9.80. The zero-order valence-corrected chi connectivity index (χ0v) is 20.0. The average Bonchev–Trinajstić information content (AvgIpc) is 3.44. The predicted octanol–water partition coefficient (Wildman–Crippen LogP) is 4.26. The summed E-state index contributed by atoms with van der Waals surface area (Å²) in [6, 6.07) is 16.4. The lowest BCUT2D eigenvalue weighted by Crippen LogP contribution is -2.59. The van der Waals surface area contributed by atoms with Gasteiger partial charge in [-0.1, -0.05) is 68.3 Å². The maximum atomic E-state index is 13.3. The molecule has 7 heteroatoms. The highest BCUT2D eigenvalue weighted by Gasteiger charge is 2.48. The SMILES string of the molecule is CC(C(=O)O)C1CN(C(=O)C2(CNC(=O)OCC3c4ccccc4-c4ccccc43)CCCC2)C1. The summed E-state index contributed by atoms with van der Waals surface area (Å²) in [5.41, 5.74) is 4.05. The van der Waals surface area contributed by atoms with Crippen molar-refractivity contribution in [1.29, 1.82) is 0 Å². The number of hydrogen-bond donors (Lipinski definition) is 2. The first kappa shape index (κ1) is 23.4. The van der Waals surface area contributed by atoms with E-state index in [1.165, 1.54) is 11.1 Å². The normalized spacial score (nSPS) is 19.4. The van der Waals surface area contributed by atoms with Gasteiger partial charge in [-0.2, -0.15) is 0 Å². The first-order valence-electron chi connectivity index (χ1n) is 12.5. The Bertz CT molecular complexity index is 1090. The Kier molecular flexibility index (Phi) is 6.26. The molecule has 0 bridgehead atoms. The van der Waals surface area contributed by atoms with Gasteiger partial charge in [0.2, 0.25) is 5.91 Å². The molecule has 2 fully saturated rings. The van der Waals surface area contributed by atoms with Crippen LogP contribution in [0.4, 0.5) is 4.79 Å². The van der Waals surface area contributed by atoms with E-state index in [1.807, 2.05) is 24.3 Å². The number of ether oxygens (including phenoxy) is 1. The summed E-state index contributed by atoms with van der Waals surface area (Å²) in [5, 5.41) is 12.1. The number of amides is 2. The van der Waals surface area contributed by atoms with Crippen molar-refractivity contribution in [1.82, 2.24) is 10.2 Å². The van der Waals surface area contributed by atoms with Gasteiger partial charge in [0.1, 0.15) is 6.61 Å². The maximum Gasteiger partial charge on any atom is 0.407 e. The molecule has 0 radical (unpaired) electrons. The van der Waals surface area contributed by atoms with Gasteiger partial charge in [-0.05, 0) is 35.1 Å². The molecule has 1 atom stereocenters. The molecule has 2 aromatic rings. The molecule has 2 amide bonds. The Morgan fingerprint density at radius 1 is 1.03 bits per heavy atom. The van der Waals surface area contributed by atoms with Gasteiger partial charge in [0.25, 0.3) is 0 Å². The van der Waals surface area contributed by atoms with Gasteiger partial charge in [-0.15, -0.1) is 0 Å². The number of carboxylic acid groups (broad SMARTS) is 1. The number of fused-ring (bicyclic) bond motifs is 3. The van der Waals surface area contributed by atoms with Crippen LogP contribution < -0.4 is 5.32 Å². The number of likely N-dealkylation sites (tertiary alicyclic amines) is 1. The summed E-state index contributed by atoms with van der Waals surface area (Å²) < 4.78 is 5.66. The molecule has 2 aromatic carbocycles. The quantitative estimate of drug-likeness (QED) is 0.622. The van der Waals surface area contributed by atoms with Crippen molar-refractivity contribution in [3.8, 4) is 11.1 Å². The fraction of sp³-hybridized carbons (Fsp3) is 0.464. The molecule has 0 aromatic heterocycles. The molecule has 184 valence electrons. The Labute approximate surface area is 205 Å². The van der Waals surface area contributed by atoms with E-state index in [4.69, 9.17) is 4.74 Å². The summed E-state index contributed by atoms with van der Waals surface area (Å²) in [6.07, 6.45) is 2.84. The number of nitrogens with one attached hydrogen (secondary N) is 1. The molecule has 1 heterocycles. The third kappa shape index (κ3) is 4.28. The molecule has 2 aliphatic carbocycles. The van der Waals surface area contributed by atoms with Crippen LogP contribution in [-0.4, -0.2) is 54.2 Å². The molecule has 5 rings (SSSR count). The van der Waals surface area contributed by atoms with E-state index in [9.17, 15) is 19.5 Å². The lowest BCUT2D eigenvalue weighted by molar-refractivity contribution is -0.155. The standard InChI is InChI=1S/C28H32N2O5/c1-18(25(31)32)19-14-30(15-19)26(33)28(12-6-7-13-28)17-29-27(34)35-16-24-22-10-4-2-8-20(22)21-9-3-5-11-23(21)24/h2-5,8-11,18-19,24H,6-7,12-17H2,1H3,(H,29,34)(H,31,32). The second-order valence-electron chi connectivity index (χ2n) is 10.3. The Morgan fingerprint density at radius 2 is 1.60 bits per heavy atom. The van der Waals surface area contributed by atoms with Crippen molar-refractivity contribution in [2.24, 2.45) is 17.3 Å². The van der Waals surface area contributed by atoms with Crippen LogP contribution in [0.1, 0.15) is 49.7 Å². The van der Waals surface area contributed by atoms with Crippen molar-refractivity contribution in [3.05, 3.63) is 59.7 Å². The van der Waals surface area contributed by atoms with Crippen molar-refractivity contribution in [2.75, 3.05) is 26.2 Å². The van der Waals surface area contributed by atoms with Gasteiger partial charge in [-0.3, -0.25) is 9.59 Å². The Balaban J connectivity index is 1.18. The molecule has 1 unspecified atom stereocenters. The van der Waals surface area contributed by atoms with Gasteiger partial charge in [-0.25, -0.2) is 4.79 Å². The number of nitrogens with zero attached hydrogens (tertiary/aromatic N) is 1. The van der Waals surface area contributed by atoms with Crippen LogP contribution in [0.2, 0.25) is 0 Å². The van der Waals surface area contributed by atoms with Crippen molar-refractivity contribution >= 4 is 18.0 Å². The maximum absolute atomic E-state index is 13.3. The van der Waals surface area contributed by atoms with E-state index in [0.717, 1.165) is 36.8 Å². The molecule has 1 aliphatic heterocycles. The predicted molar refractivity (Wildman–Crippen MR) is 131 cm³/mol. The third-order valence-corrected chi connectivity index (χ3v) is 8.22. The number of carbonyl (C=O) groups is 3. The Morgan fingerprint density at radius 3 is 2.17 bits per heavy atom. The highest BCUT2D eigenvalue weighted by atomic mass is 16.5. The second kappa shape index (κ2) is 9.36. The third-order valence-electron chi connectivity index (χ3n) is 8.22. The molecule has 3 aliphatic rings. The lowest BCUT2D eigenvalue weighted by Gasteiger charge is -2.45. The van der Waals surface area contributed by atoms with Crippen LogP contribution in [0, 0.1) is 17.3 Å². The molecule has 2 N–H and O–H groups in total. The van der Waals surface area contributed by atoms with Gasteiger partial charge < -0.3 is 20.1 Å². The van der Waals surface area contributed by atoms with Crippen LogP contribution in [-0.2, 0) is 14.3 Å². The van der Waals surface area contributed by atoms with E-state index in [2.05, 4.69) is 29.6 Å². The summed E-state index contributed by atoms with van der Waals surface area (Å²) in [4.78, 5) is 39.0. The first-order chi connectivity index (χ1) is 16.9. The fourth-order valence-electron chi connectivity index (χ4n) is 5.94. The first-order valence-corrected chi connectivity index (χ1v) is 12.5. The zero-order valence-electron chi connectivity index (χ0n) is 20.0. The number of carbonyl (C=O) groups excluding carboxylic acids is 2. The smallest absolute Gasteiger partial charge is 0.407 e. The highest BCUT2D eigenvalue weighted by molar-refractivity contribution is 5.85. The number of aliphatic carboxylic acids is 1. The summed E-state index contributed by atoms with van der Waals surface area (Å²) in [7, 11) is 0.